The zero-order valence-corrected chi connectivity index (χ0v) is 18.3. The van der Waals surface area contributed by atoms with E-state index in [2.05, 4.69) is 0 Å². The molecule has 0 unspecified atom stereocenters. The van der Waals surface area contributed by atoms with E-state index in [1.165, 1.54) is 4.31 Å². The Morgan fingerprint density at radius 2 is 1.35 bits per heavy atom. The van der Waals surface area contributed by atoms with Gasteiger partial charge in [-0.2, -0.15) is 16.1 Å². The van der Waals surface area contributed by atoms with Crippen LogP contribution in [0, 0.1) is 34.6 Å². The third kappa shape index (κ3) is 3.94. The molecule has 2 rings (SSSR count). The monoisotopic (exact) mass is 398 g/mol. The van der Waals surface area contributed by atoms with Crippen molar-refractivity contribution < 1.29 is 13.2 Å². The summed E-state index contributed by atoms with van der Waals surface area (Å²) in [6, 6.07) is 0. The molecule has 1 aliphatic heterocycles. The van der Waals surface area contributed by atoms with Crippen LogP contribution >= 0.6 is 11.8 Å². The number of carbonyl (C=O) groups excluding carboxylic acids is 1. The van der Waals surface area contributed by atoms with Gasteiger partial charge in [-0.25, -0.2) is 8.42 Å². The first-order valence-corrected chi connectivity index (χ1v) is 11.8. The van der Waals surface area contributed by atoms with Gasteiger partial charge in [0.25, 0.3) is 0 Å². The Kier molecular flexibility index (Phi) is 6.80. The quantitative estimate of drug-likeness (QED) is 0.765. The first-order valence-electron chi connectivity index (χ1n) is 8.96. The second kappa shape index (κ2) is 8.31. The van der Waals surface area contributed by atoms with Crippen LogP contribution in [0.1, 0.15) is 34.2 Å². The third-order valence-corrected chi connectivity index (χ3v) is 8.43. The van der Waals surface area contributed by atoms with Crippen LogP contribution in [0.3, 0.4) is 0 Å². The average Bonchev–Trinajstić information content (AvgIpc) is 2.62. The number of hydrogen-bond acceptors (Lipinski definition) is 4. The highest BCUT2D eigenvalue weighted by molar-refractivity contribution is 7.98. The number of nitrogens with zero attached hydrogens (tertiary/aromatic N) is 2. The largest absolute Gasteiger partial charge is 0.340 e. The third-order valence-electron chi connectivity index (χ3n) is 5.64. The number of thioether (sulfide) groups is 1. The highest BCUT2D eigenvalue weighted by Gasteiger charge is 2.33. The highest BCUT2D eigenvalue weighted by Crippen LogP contribution is 2.31. The molecular weight excluding hydrogens is 368 g/mol. The molecule has 0 aliphatic carbocycles. The average molecular weight is 399 g/mol. The molecule has 1 aromatic rings. The molecule has 0 saturated carbocycles. The van der Waals surface area contributed by atoms with Crippen molar-refractivity contribution in [2.75, 3.05) is 38.2 Å². The number of hydrogen-bond donors (Lipinski definition) is 0. The molecule has 0 N–H and O–H groups in total. The van der Waals surface area contributed by atoms with E-state index in [0.717, 1.165) is 33.6 Å². The Balaban J connectivity index is 2.25. The lowest BCUT2D eigenvalue weighted by atomic mass is 9.95. The Labute approximate surface area is 162 Å². The molecule has 1 saturated heterocycles. The summed E-state index contributed by atoms with van der Waals surface area (Å²) in [4.78, 5) is 14.4. The van der Waals surface area contributed by atoms with Gasteiger partial charge in [-0.3, -0.25) is 4.79 Å². The van der Waals surface area contributed by atoms with Gasteiger partial charge in [0.05, 0.1) is 4.90 Å². The predicted molar refractivity (Wildman–Crippen MR) is 108 cm³/mol. The van der Waals surface area contributed by atoms with Crippen molar-refractivity contribution in [2.24, 2.45) is 0 Å². The van der Waals surface area contributed by atoms with Crippen LogP contribution in [0.25, 0.3) is 0 Å². The number of amides is 1. The van der Waals surface area contributed by atoms with Gasteiger partial charge in [0.1, 0.15) is 0 Å². The normalized spacial score (nSPS) is 16.2. The van der Waals surface area contributed by atoms with E-state index in [1.54, 1.807) is 16.7 Å². The van der Waals surface area contributed by atoms with Crippen LogP contribution in [0.15, 0.2) is 4.90 Å². The minimum Gasteiger partial charge on any atom is -0.340 e. The maximum atomic E-state index is 13.3. The lowest BCUT2D eigenvalue weighted by molar-refractivity contribution is -0.131. The molecular formula is C19H30N2O3S2. The van der Waals surface area contributed by atoms with Crippen molar-refractivity contribution in [3.8, 4) is 0 Å². The molecule has 0 aromatic heterocycles. The Morgan fingerprint density at radius 1 is 0.885 bits per heavy atom. The van der Waals surface area contributed by atoms with Crippen molar-refractivity contribution in [3.63, 3.8) is 0 Å². The first-order chi connectivity index (χ1) is 12.1. The summed E-state index contributed by atoms with van der Waals surface area (Å²) >= 11 is 1.65. The van der Waals surface area contributed by atoms with Crippen LogP contribution in [0.4, 0.5) is 0 Å². The van der Waals surface area contributed by atoms with Crippen molar-refractivity contribution in [1.29, 1.82) is 0 Å². The minimum absolute atomic E-state index is 0.116. The lowest BCUT2D eigenvalue weighted by Crippen LogP contribution is -2.50. The fraction of sp³-hybridized carbons (Fsp3) is 0.632. The maximum absolute atomic E-state index is 13.3. The SMILES string of the molecule is CSCCC(=O)N1CCN(S(=O)(=O)c2c(C)c(C)c(C)c(C)c2C)CC1. The van der Waals surface area contributed by atoms with Crippen LogP contribution in [-0.2, 0) is 14.8 Å². The number of piperazine rings is 1. The molecule has 1 aromatic carbocycles. The molecule has 26 heavy (non-hydrogen) atoms. The molecule has 0 atom stereocenters. The number of sulfonamides is 1. The minimum atomic E-state index is -3.56. The molecule has 5 nitrogen and oxygen atoms in total. The lowest BCUT2D eigenvalue weighted by Gasteiger charge is -2.35. The summed E-state index contributed by atoms with van der Waals surface area (Å²) in [6.45, 7) is 11.4. The van der Waals surface area contributed by atoms with E-state index >= 15 is 0 Å². The van der Waals surface area contributed by atoms with Crippen molar-refractivity contribution in [2.45, 2.75) is 45.9 Å². The van der Waals surface area contributed by atoms with Gasteiger partial charge in [-0.05, 0) is 68.7 Å². The summed E-state index contributed by atoms with van der Waals surface area (Å²) in [6.07, 6.45) is 2.50. The van der Waals surface area contributed by atoms with Crippen LogP contribution < -0.4 is 0 Å². The van der Waals surface area contributed by atoms with E-state index in [4.69, 9.17) is 0 Å². The fourth-order valence-electron chi connectivity index (χ4n) is 3.51. The van der Waals surface area contributed by atoms with E-state index in [1.807, 2.05) is 40.9 Å². The molecule has 0 bridgehead atoms. The van der Waals surface area contributed by atoms with Crippen LogP contribution in [0.5, 0.6) is 0 Å². The Morgan fingerprint density at radius 3 is 1.81 bits per heavy atom. The first kappa shape index (κ1) is 21.3. The van der Waals surface area contributed by atoms with Crippen LogP contribution in [0.2, 0.25) is 0 Å². The van der Waals surface area contributed by atoms with E-state index in [-0.39, 0.29) is 5.91 Å². The van der Waals surface area contributed by atoms with Gasteiger partial charge >= 0.3 is 0 Å². The molecule has 1 aliphatic rings. The summed E-state index contributed by atoms with van der Waals surface area (Å²) in [5.74, 6) is 0.920. The van der Waals surface area contributed by atoms with Gasteiger partial charge in [0, 0.05) is 38.4 Å². The summed E-state index contributed by atoms with van der Waals surface area (Å²) in [5.41, 5.74) is 4.91. The molecule has 146 valence electrons. The fourth-order valence-corrected chi connectivity index (χ4v) is 5.87. The van der Waals surface area contributed by atoms with Gasteiger partial charge in [0.2, 0.25) is 15.9 Å². The van der Waals surface area contributed by atoms with Gasteiger partial charge in [-0.1, -0.05) is 0 Å². The summed E-state index contributed by atoms with van der Waals surface area (Å²) < 4.78 is 28.2. The predicted octanol–water partition coefficient (Wildman–Crippen LogP) is 2.81. The Hall–Kier alpha value is -1.05. The molecule has 0 radical (unpaired) electrons. The number of carbonyl (C=O) groups is 1. The topological polar surface area (TPSA) is 57.7 Å². The maximum Gasteiger partial charge on any atom is 0.243 e. The van der Waals surface area contributed by atoms with E-state index in [0.29, 0.717) is 37.5 Å². The molecule has 1 amide bonds. The number of rotatable bonds is 5. The van der Waals surface area contributed by atoms with Crippen molar-refractivity contribution in [3.05, 3.63) is 27.8 Å². The van der Waals surface area contributed by atoms with E-state index in [9.17, 15) is 13.2 Å². The van der Waals surface area contributed by atoms with E-state index < -0.39 is 10.0 Å². The second-order valence-corrected chi connectivity index (χ2v) is 9.84. The Bertz CT molecular complexity index is 766. The summed E-state index contributed by atoms with van der Waals surface area (Å²) in [7, 11) is -3.56. The molecule has 1 fully saturated rings. The van der Waals surface area contributed by atoms with Gasteiger partial charge < -0.3 is 4.90 Å². The standard InChI is InChI=1S/C19H30N2O3S2/c1-13-14(2)16(4)19(17(5)15(13)3)26(23,24)21-10-8-20(9-11-21)18(22)7-12-25-6/h7-12H2,1-6H3. The van der Waals surface area contributed by atoms with Gasteiger partial charge in [0.15, 0.2) is 0 Å². The summed E-state index contributed by atoms with van der Waals surface area (Å²) in [5, 5.41) is 0. The van der Waals surface area contributed by atoms with Crippen molar-refractivity contribution >= 4 is 27.7 Å². The van der Waals surface area contributed by atoms with Gasteiger partial charge in [-0.15, -0.1) is 0 Å². The molecule has 0 spiro atoms. The number of benzene rings is 1. The highest BCUT2D eigenvalue weighted by atomic mass is 32.2. The smallest absolute Gasteiger partial charge is 0.243 e. The van der Waals surface area contributed by atoms with Crippen LogP contribution in [-0.4, -0.2) is 61.7 Å². The second-order valence-electron chi connectivity index (χ2n) is 6.98. The zero-order valence-electron chi connectivity index (χ0n) is 16.7. The zero-order chi connectivity index (χ0) is 19.6. The molecule has 1 heterocycles. The van der Waals surface area contributed by atoms with Crippen molar-refractivity contribution in [1.82, 2.24) is 9.21 Å². The molecule has 7 heteroatoms.